The lowest BCUT2D eigenvalue weighted by atomic mass is 10.0. The molecule has 2 aliphatic rings. The Morgan fingerprint density at radius 2 is 2.00 bits per heavy atom. The van der Waals surface area contributed by atoms with Gasteiger partial charge < -0.3 is 10.1 Å². The monoisotopic (exact) mass is 302 g/mol. The first kappa shape index (κ1) is 14.9. The minimum atomic E-state index is 0. The molecule has 1 aromatic carbocycles. The van der Waals surface area contributed by atoms with E-state index in [4.69, 9.17) is 16.3 Å². The number of methoxy groups -OCH3 is 1. The first-order valence-corrected chi connectivity index (χ1v) is 6.90. The van der Waals surface area contributed by atoms with Crippen molar-refractivity contribution in [1.29, 1.82) is 0 Å². The predicted molar refractivity (Wildman–Crippen MR) is 80.4 cm³/mol. The van der Waals surface area contributed by atoms with E-state index in [9.17, 15) is 0 Å². The molecule has 0 saturated carbocycles. The Bertz CT molecular complexity index is 429. The molecule has 2 atom stereocenters. The smallest absolute Gasteiger partial charge is 0.124 e. The minimum absolute atomic E-state index is 0. The molecule has 0 aromatic heterocycles. The third-order valence-electron chi connectivity index (χ3n) is 4.14. The molecule has 2 aliphatic heterocycles. The van der Waals surface area contributed by atoms with Crippen LogP contribution in [-0.4, -0.2) is 38.2 Å². The second-order valence-electron chi connectivity index (χ2n) is 5.29. The quantitative estimate of drug-likeness (QED) is 0.928. The van der Waals surface area contributed by atoms with Gasteiger partial charge in [-0.1, -0.05) is 17.7 Å². The highest BCUT2D eigenvalue weighted by atomic mass is 35.5. The molecule has 0 amide bonds. The van der Waals surface area contributed by atoms with E-state index < -0.39 is 0 Å². The Kier molecular flexibility index (Phi) is 4.96. The van der Waals surface area contributed by atoms with Crippen LogP contribution in [0.1, 0.15) is 5.56 Å². The third-order valence-corrected chi connectivity index (χ3v) is 4.50. The van der Waals surface area contributed by atoms with Crippen molar-refractivity contribution < 1.29 is 4.74 Å². The Morgan fingerprint density at radius 3 is 2.63 bits per heavy atom. The maximum Gasteiger partial charge on any atom is 0.124 e. The highest BCUT2D eigenvalue weighted by Gasteiger charge is 2.36. The van der Waals surface area contributed by atoms with Crippen molar-refractivity contribution in [2.45, 2.75) is 6.54 Å². The largest absolute Gasteiger partial charge is 0.496 e. The molecule has 0 aliphatic carbocycles. The molecule has 2 heterocycles. The van der Waals surface area contributed by atoms with Crippen LogP contribution in [0.4, 0.5) is 0 Å². The maximum absolute atomic E-state index is 6.29. The summed E-state index contributed by atoms with van der Waals surface area (Å²) in [5, 5.41) is 4.27. The Hall–Kier alpha value is -0.480. The summed E-state index contributed by atoms with van der Waals surface area (Å²) >= 11 is 6.29. The van der Waals surface area contributed by atoms with E-state index in [-0.39, 0.29) is 12.4 Å². The van der Waals surface area contributed by atoms with E-state index in [0.29, 0.717) is 0 Å². The van der Waals surface area contributed by atoms with Gasteiger partial charge in [-0.05, 0) is 37.1 Å². The molecule has 3 nitrogen and oxygen atoms in total. The van der Waals surface area contributed by atoms with Gasteiger partial charge in [-0.25, -0.2) is 0 Å². The fourth-order valence-electron chi connectivity index (χ4n) is 3.19. The second-order valence-corrected chi connectivity index (χ2v) is 5.70. The van der Waals surface area contributed by atoms with Gasteiger partial charge in [0, 0.05) is 30.2 Å². The predicted octanol–water partition coefficient (Wildman–Crippen LogP) is 2.42. The molecule has 5 heteroatoms. The van der Waals surface area contributed by atoms with Crippen LogP contribution in [0.25, 0.3) is 0 Å². The van der Waals surface area contributed by atoms with Crippen LogP contribution in [0.2, 0.25) is 5.02 Å². The van der Waals surface area contributed by atoms with Crippen molar-refractivity contribution in [3.8, 4) is 5.75 Å². The van der Waals surface area contributed by atoms with Crippen molar-refractivity contribution >= 4 is 24.0 Å². The second kappa shape index (κ2) is 6.31. The van der Waals surface area contributed by atoms with Crippen LogP contribution in [-0.2, 0) is 6.54 Å². The number of hydrogen-bond acceptors (Lipinski definition) is 3. The van der Waals surface area contributed by atoms with Crippen molar-refractivity contribution in [3.63, 3.8) is 0 Å². The summed E-state index contributed by atoms with van der Waals surface area (Å²) in [7, 11) is 1.71. The Labute approximate surface area is 125 Å². The zero-order valence-corrected chi connectivity index (χ0v) is 12.6. The van der Waals surface area contributed by atoms with E-state index in [0.717, 1.165) is 34.7 Å². The Balaban J connectivity index is 0.00000133. The summed E-state index contributed by atoms with van der Waals surface area (Å²) < 4.78 is 5.41. The summed E-state index contributed by atoms with van der Waals surface area (Å²) in [6.45, 7) is 5.58. The van der Waals surface area contributed by atoms with E-state index in [1.54, 1.807) is 7.11 Å². The van der Waals surface area contributed by atoms with Crippen LogP contribution in [0.5, 0.6) is 5.75 Å². The summed E-state index contributed by atoms with van der Waals surface area (Å²) in [4.78, 5) is 2.50. The maximum atomic E-state index is 6.29. The normalized spacial score (nSPS) is 26.0. The molecule has 106 valence electrons. The van der Waals surface area contributed by atoms with Gasteiger partial charge >= 0.3 is 0 Å². The molecule has 2 saturated heterocycles. The minimum Gasteiger partial charge on any atom is -0.496 e. The average molecular weight is 303 g/mol. The van der Waals surface area contributed by atoms with Crippen LogP contribution < -0.4 is 10.1 Å². The number of rotatable bonds is 3. The molecular formula is C14H20Cl2N2O. The molecule has 1 aromatic rings. The summed E-state index contributed by atoms with van der Waals surface area (Å²) in [5.74, 6) is 2.54. The molecule has 0 spiro atoms. The van der Waals surface area contributed by atoms with Gasteiger partial charge in [-0.3, -0.25) is 4.90 Å². The van der Waals surface area contributed by atoms with Crippen LogP contribution >= 0.6 is 24.0 Å². The molecular weight excluding hydrogens is 283 g/mol. The number of fused-ring (bicyclic) bond motifs is 1. The number of hydrogen-bond donors (Lipinski definition) is 1. The van der Waals surface area contributed by atoms with Gasteiger partial charge in [0.2, 0.25) is 0 Å². The number of nitrogens with zero attached hydrogens (tertiary/aromatic N) is 1. The first-order chi connectivity index (χ1) is 8.78. The summed E-state index contributed by atoms with van der Waals surface area (Å²) in [6.07, 6.45) is 0. The number of nitrogens with one attached hydrogen (secondary N) is 1. The van der Waals surface area contributed by atoms with E-state index in [1.807, 2.05) is 18.2 Å². The number of likely N-dealkylation sites (tertiary alicyclic amines) is 1. The lowest BCUT2D eigenvalue weighted by molar-refractivity contribution is 0.298. The molecule has 1 N–H and O–H groups in total. The van der Waals surface area contributed by atoms with Gasteiger partial charge in [0.15, 0.2) is 0 Å². The lowest BCUT2D eigenvalue weighted by Gasteiger charge is -2.19. The van der Waals surface area contributed by atoms with Gasteiger partial charge in [0.25, 0.3) is 0 Å². The van der Waals surface area contributed by atoms with E-state index in [1.165, 1.54) is 26.2 Å². The van der Waals surface area contributed by atoms with Gasteiger partial charge in [0.1, 0.15) is 5.75 Å². The van der Waals surface area contributed by atoms with Crippen molar-refractivity contribution in [2.24, 2.45) is 11.8 Å². The summed E-state index contributed by atoms with van der Waals surface area (Å²) in [6, 6.07) is 5.87. The van der Waals surface area contributed by atoms with E-state index in [2.05, 4.69) is 10.2 Å². The van der Waals surface area contributed by atoms with Crippen LogP contribution in [0.3, 0.4) is 0 Å². The molecule has 2 fully saturated rings. The Morgan fingerprint density at radius 1 is 1.32 bits per heavy atom. The van der Waals surface area contributed by atoms with Crippen LogP contribution in [0.15, 0.2) is 18.2 Å². The SMILES string of the molecule is COc1cccc(Cl)c1CN1C[C@H]2CNC[C@H]2C1.Cl. The molecule has 0 unspecified atom stereocenters. The number of benzene rings is 1. The highest BCUT2D eigenvalue weighted by Crippen LogP contribution is 2.32. The zero-order chi connectivity index (χ0) is 12.5. The van der Waals surface area contributed by atoms with Crippen molar-refractivity contribution in [1.82, 2.24) is 10.2 Å². The summed E-state index contributed by atoms with van der Waals surface area (Å²) in [5.41, 5.74) is 1.12. The van der Waals surface area contributed by atoms with Crippen molar-refractivity contribution in [2.75, 3.05) is 33.3 Å². The molecule has 0 radical (unpaired) electrons. The van der Waals surface area contributed by atoms with Gasteiger partial charge in [0.05, 0.1) is 7.11 Å². The lowest BCUT2D eigenvalue weighted by Crippen LogP contribution is -2.25. The van der Waals surface area contributed by atoms with Gasteiger partial charge in [-0.2, -0.15) is 0 Å². The molecule has 0 bridgehead atoms. The first-order valence-electron chi connectivity index (χ1n) is 6.52. The topological polar surface area (TPSA) is 24.5 Å². The molecule has 19 heavy (non-hydrogen) atoms. The van der Waals surface area contributed by atoms with Crippen LogP contribution in [0, 0.1) is 11.8 Å². The van der Waals surface area contributed by atoms with Gasteiger partial charge in [-0.15, -0.1) is 12.4 Å². The fourth-order valence-corrected chi connectivity index (χ4v) is 3.41. The van der Waals surface area contributed by atoms with Crippen molar-refractivity contribution in [3.05, 3.63) is 28.8 Å². The van der Waals surface area contributed by atoms with E-state index >= 15 is 0 Å². The standard InChI is InChI=1S/C14H19ClN2O.ClH/c1-18-14-4-2-3-13(15)12(14)9-17-7-10-5-16-6-11(10)8-17;/h2-4,10-11,16H,5-9H2,1H3;1H/t10-,11+;. The number of halogens is 2. The third kappa shape index (κ3) is 3.00. The average Bonchev–Trinajstić information content (AvgIpc) is 2.92. The highest BCUT2D eigenvalue weighted by molar-refractivity contribution is 6.31. The fraction of sp³-hybridized carbons (Fsp3) is 0.571. The molecule has 3 rings (SSSR count). The zero-order valence-electron chi connectivity index (χ0n) is 11.1. The number of ether oxygens (including phenoxy) is 1.